The van der Waals surface area contributed by atoms with E-state index >= 15 is 0 Å². The first-order chi connectivity index (χ1) is 12.6. The standard InChI is InChI=1S/C21H30O6/c1-9-6-13(26-5)19(25)21(4)11(9)7-14-20(3)12(8-15(22)27-14)10(2)16(23)17(24)18(20)21/h6,9,11-12,14-15,17-18,22-24H,7-8H2,1-5H3. The van der Waals surface area contributed by atoms with Crippen LogP contribution in [0.3, 0.4) is 0 Å². The topological polar surface area (TPSA) is 96.2 Å². The van der Waals surface area contributed by atoms with Gasteiger partial charge in [0.15, 0.2) is 12.0 Å². The average molecular weight is 378 g/mol. The summed E-state index contributed by atoms with van der Waals surface area (Å²) in [6, 6.07) is 0. The Bertz CT molecular complexity index is 741. The van der Waals surface area contributed by atoms with Crippen molar-refractivity contribution in [3.05, 3.63) is 23.2 Å². The summed E-state index contributed by atoms with van der Waals surface area (Å²) in [5, 5.41) is 32.2. The van der Waals surface area contributed by atoms with E-state index in [2.05, 4.69) is 0 Å². The summed E-state index contributed by atoms with van der Waals surface area (Å²) in [4.78, 5) is 13.5. The molecule has 4 aliphatic rings. The number of ketones is 1. The van der Waals surface area contributed by atoms with Crippen LogP contribution in [0.15, 0.2) is 23.2 Å². The summed E-state index contributed by atoms with van der Waals surface area (Å²) in [5.41, 5.74) is -0.761. The number of carbonyl (C=O) groups excluding carboxylic acids is 1. The lowest BCUT2D eigenvalue weighted by molar-refractivity contribution is -0.289. The minimum Gasteiger partial charge on any atom is -0.510 e. The van der Waals surface area contributed by atoms with Gasteiger partial charge in [-0.05, 0) is 42.7 Å². The van der Waals surface area contributed by atoms with E-state index in [9.17, 15) is 20.1 Å². The van der Waals surface area contributed by atoms with E-state index in [0.717, 1.165) is 0 Å². The second-order valence-corrected chi connectivity index (χ2v) is 9.27. The molecule has 1 heterocycles. The molecule has 0 spiro atoms. The Labute approximate surface area is 159 Å². The Kier molecular flexibility index (Phi) is 4.09. The third kappa shape index (κ3) is 2.15. The first kappa shape index (κ1) is 19.0. The van der Waals surface area contributed by atoms with Gasteiger partial charge in [0.1, 0.15) is 11.9 Å². The molecule has 0 aromatic rings. The lowest BCUT2D eigenvalue weighted by atomic mass is 9.40. The zero-order chi connectivity index (χ0) is 19.9. The number of methoxy groups -OCH3 is 1. The van der Waals surface area contributed by atoms with Crippen molar-refractivity contribution in [2.24, 2.45) is 34.5 Å². The van der Waals surface area contributed by atoms with E-state index in [0.29, 0.717) is 24.2 Å². The Balaban J connectivity index is 1.95. The quantitative estimate of drug-likeness (QED) is 0.648. The molecule has 2 fully saturated rings. The molecule has 9 unspecified atom stereocenters. The smallest absolute Gasteiger partial charge is 0.203 e. The highest BCUT2D eigenvalue weighted by molar-refractivity contribution is 5.99. The van der Waals surface area contributed by atoms with E-state index < -0.39 is 29.1 Å². The van der Waals surface area contributed by atoms with E-state index in [-0.39, 0.29) is 35.4 Å². The van der Waals surface area contributed by atoms with E-state index in [1.807, 2.05) is 26.8 Å². The number of carbonyl (C=O) groups is 1. The number of hydrogen-bond donors (Lipinski definition) is 3. The number of rotatable bonds is 1. The van der Waals surface area contributed by atoms with Crippen molar-refractivity contribution in [2.45, 2.75) is 59.0 Å². The molecular formula is C21H30O6. The van der Waals surface area contributed by atoms with Crippen molar-refractivity contribution < 1.29 is 29.6 Å². The summed E-state index contributed by atoms with van der Waals surface area (Å²) in [6.45, 7) is 7.81. The maximum Gasteiger partial charge on any atom is 0.203 e. The fraction of sp³-hybridized carbons (Fsp3) is 0.762. The molecule has 1 saturated carbocycles. The third-order valence-electron chi connectivity index (χ3n) is 8.26. The molecule has 0 radical (unpaired) electrons. The highest BCUT2D eigenvalue weighted by Crippen LogP contribution is 2.68. The average Bonchev–Trinajstić information content (AvgIpc) is 2.61. The van der Waals surface area contributed by atoms with E-state index in [1.54, 1.807) is 6.92 Å². The SMILES string of the molecule is COC1=CC(C)C2CC3OC(O)CC4C(C)=C(O)C(O)C(C2(C)C1=O)C34C. The van der Waals surface area contributed by atoms with Gasteiger partial charge in [0, 0.05) is 23.2 Å². The van der Waals surface area contributed by atoms with Gasteiger partial charge in [-0.3, -0.25) is 4.79 Å². The normalized spacial score (nSPS) is 52.0. The molecule has 0 amide bonds. The first-order valence-electron chi connectivity index (χ1n) is 9.80. The van der Waals surface area contributed by atoms with Crippen LogP contribution in [0.5, 0.6) is 0 Å². The van der Waals surface area contributed by atoms with Crippen LogP contribution in [0, 0.1) is 34.5 Å². The van der Waals surface area contributed by atoms with Gasteiger partial charge in [0.05, 0.1) is 13.2 Å². The monoisotopic (exact) mass is 378 g/mol. The summed E-state index contributed by atoms with van der Waals surface area (Å²) in [6.07, 6.45) is 0.481. The van der Waals surface area contributed by atoms with Crippen LogP contribution in [0.25, 0.3) is 0 Å². The molecule has 9 atom stereocenters. The molecule has 1 saturated heterocycles. The van der Waals surface area contributed by atoms with Crippen LogP contribution in [-0.4, -0.2) is 46.7 Å². The molecule has 0 aromatic carbocycles. The molecule has 1 aliphatic heterocycles. The van der Waals surface area contributed by atoms with Gasteiger partial charge in [0.2, 0.25) is 5.78 Å². The Hall–Kier alpha value is -1.37. The second kappa shape index (κ2) is 5.82. The van der Waals surface area contributed by atoms with Gasteiger partial charge in [-0.2, -0.15) is 0 Å². The third-order valence-corrected chi connectivity index (χ3v) is 8.26. The molecular weight excluding hydrogens is 348 g/mol. The summed E-state index contributed by atoms with van der Waals surface area (Å²) < 4.78 is 11.3. The van der Waals surface area contributed by atoms with Gasteiger partial charge < -0.3 is 24.8 Å². The van der Waals surface area contributed by atoms with Crippen LogP contribution in [0.1, 0.15) is 40.5 Å². The zero-order valence-corrected chi connectivity index (χ0v) is 16.6. The second-order valence-electron chi connectivity index (χ2n) is 9.27. The molecule has 6 heteroatoms. The largest absolute Gasteiger partial charge is 0.510 e. The minimum absolute atomic E-state index is 0.0506. The van der Waals surface area contributed by atoms with E-state index in [1.165, 1.54) is 7.11 Å². The number of hydrogen-bond acceptors (Lipinski definition) is 6. The van der Waals surface area contributed by atoms with Crippen molar-refractivity contribution in [1.29, 1.82) is 0 Å². The molecule has 4 rings (SSSR count). The summed E-state index contributed by atoms with van der Waals surface area (Å²) in [7, 11) is 1.50. The molecule has 6 nitrogen and oxygen atoms in total. The summed E-state index contributed by atoms with van der Waals surface area (Å²) in [5.74, 6) is -0.551. The fourth-order valence-corrected chi connectivity index (χ4v) is 6.96. The number of allylic oxidation sites excluding steroid dienone is 3. The Morgan fingerprint density at radius 1 is 1.26 bits per heavy atom. The maximum atomic E-state index is 13.5. The molecule has 27 heavy (non-hydrogen) atoms. The molecule has 0 aromatic heterocycles. The molecule has 3 aliphatic carbocycles. The number of ether oxygens (including phenoxy) is 2. The summed E-state index contributed by atoms with van der Waals surface area (Å²) >= 11 is 0. The lowest BCUT2D eigenvalue weighted by Gasteiger charge is -2.66. The zero-order valence-electron chi connectivity index (χ0n) is 16.6. The van der Waals surface area contributed by atoms with Crippen molar-refractivity contribution in [2.75, 3.05) is 7.11 Å². The predicted octanol–water partition coefficient (Wildman–Crippen LogP) is 2.31. The Morgan fingerprint density at radius 2 is 1.93 bits per heavy atom. The van der Waals surface area contributed by atoms with Crippen molar-refractivity contribution in [3.8, 4) is 0 Å². The number of Topliss-reactive ketones (excluding diaryl/α,β-unsaturated/α-hetero) is 1. The van der Waals surface area contributed by atoms with Gasteiger partial charge in [-0.15, -0.1) is 0 Å². The van der Waals surface area contributed by atoms with Crippen LogP contribution < -0.4 is 0 Å². The number of aliphatic hydroxyl groups excluding tert-OH is 3. The van der Waals surface area contributed by atoms with Crippen molar-refractivity contribution in [3.63, 3.8) is 0 Å². The van der Waals surface area contributed by atoms with Crippen LogP contribution in [0.4, 0.5) is 0 Å². The van der Waals surface area contributed by atoms with Crippen molar-refractivity contribution >= 4 is 5.78 Å². The van der Waals surface area contributed by atoms with E-state index in [4.69, 9.17) is 9.47 Å². The lowest BCUT2D eigenvalue weighted by Crippen LogP contribution is -2.70. The highest BCUT2D eigenvalue weighted by Gasteiger charge is 2.71. The minimum atomic E-state index is -1.15. The first-order valence-corrected chi connectivity index (χ1v) is 9.80. The van der Waals surface area contributed by atoms with Gasteiger partial charge in [0.25, 0.3) is 0 Å². The van der Waals surface area contributed by atoms with Crippen LogP contribution >= 0.6 is 0 Å². The van der Waals surface area contributed by atoms with Gasteiger partial charge in [-0.1, -0.05) is 20.8 Å². The predicted molar refractivity (Wildman–Crippen MR) is 97.4 cm³/mol. The fourth-order valence-electron chi connectivity index (χ4n) is 6.96. The maximum absolute atomic E-state index is 13.5. The Morgan fingerprint density at radius 3 is 2.56 bits per heavy atom. The van der Waals surface area contributed by atoms with Gasteiger partial charge >= 0.3 is 0 Å². The molecule has 3 N–H and O–H groups in total. The molecule has 0 bridgehead atoms. The van der Waals surface area contributed by atoms with Crippen molar-refractivity contribution in [1.82, 2.24) is 0 Å². The van der Waals surface area contributed by atoms with Crippen LogP contribution in [0.2, 0.25) is 0 Å². The molecule has 150 valence electrons. The highest BCUT2D eigenvalue weighted by atomic mass is 16.6. The number of fused-ring (bicyclic) bond motifs is 2. The van der Waals surface area contributed by atoms with Crippen LogP contribution in [-0.2, 0) is 14.3 Å². The van der Waals surface area contributed by atoms with Gasteiger partial charge in [-0.25, -0.2) is 0 Å². The number of aliphatic hydroxyl groups is 3.